The monoisotopic (exact) mass is 326 g/mol. The van der Waals surface area contributed by atoms with Gasteiger partial charge in [-0.1, -0.05) is 6.07 Å². The second-order valence-corrected chi connectivity index (χ2v) is 5.97. The molecule has 1 aliphatic rings. The van der Waals surface area contributed by atoms with Gasteiger partial charge in [0.05, 0.1) is 20.3 Å². The highest BCUT2D eigenvalue weighted by atomic mass is 16.5. The minimum Gasteiger partial charge on any atom is -0.497 e. The molecule has 0 saturated carbocycles. The zero-order chi connectivity index (χ0) is 17.1. The lowest BCUT2D eigenvalue weighted by molar-refractivity contribution is 0.241. The van der Waals surface area contributed by atoms with Crippen molar-refractivity contribution in [2.24, 2.45) is 0 Å². The second kappa shape index (κ2) is 6.87. The summed E-state index contributed by atoms with van der Waals surface area (Å²) < 4.78 is 22.3. The summed E-state index contributed by atoms with van der Waals surface area (Å²) in [6.45, 7) is 4.02. The number of methoxy groups -OCH3 is 2. The Kier molecular flexibility index (Phi) is 4.65. The van der Waals surface area contributed by atoms with E-state index < -0.39 is 0 Å². The second-order valence-electron chi connectivity index (χ2n) is 5.97. The fourth-order valence-electron chi connectivity index (χ4n) is 2.67. The molecule has 0 fully saturated rings. The van der Waals surface area contributed by atoms with Crippen molar-refractivity contribution in [2.75, 3.05) is 14.2 Å². The van der Waals surface area contributed by atoms with E-state index >= 15 is 0 Å². The normalized spacial score (nSPS) is 14.5. The summed E-state index contributed by atoms with van der Waals surface area (Å²) in [6, 6.07) is 11.7. The third-order valence-electron chi connectivity index (χ3n) is 3.72. The molecule has 2 aromatic carbocycles. The third-order valence-corrected chi connectivity index (χ3v) is 3.72. The van der Waals surface area contributed by atoms with Gasteiger partial charge in [-0.3, -0.25) is 0 Å². The summed E-state index contributed by atoms with van der Waals surface area (Å²) in [6.07, 6.45) is 2.91. The van der Waals surface area contributed by atoms with Crippen molar-refractivity contribution < 1.29 is 18.9 Å². The van der Waals surface area contributed by atoms with Crippen molar-refractivity contribution in [3.8, 4) is 23.0 Å². The molecule has 24 heavy (non-hydrogen) atoms. The van der Waals surface area contributed by atoms with Crippen LogP contribution in [0.1, 0.15) is 25.0 Å². The highest BCUT2D eigenvalue weighted by molar-refractivity contribution is 5.60. The molecule has 0 atom stereocenters. The number of hydrogen-bond acceptors (Lipinski definition) is 4. The highest BCUT2D eigenvalue weighted by Crippen LogP contribution is 2.35. The van der Waals surface area contributed by atoms with Crippen molar-refractivity contribution in [1.82, 2.24) is 0 Å². The molecular formula is C20H22O4. The molecule has 2 aromatic rings. The summed E-state index contributed by atoms with van der Waals surface area (Å²) in [4.78, 5) is 0. The van der Waals surface area contributed by atoms with Gasteiger partial charge in [0.2, 0.25) is 0 Å². The molecule has 0 spiro atoms. The molecule has 4 heteroatoms. The van der Waals surface area contributed by atoms with E-state index in [1.165, 1.54) is 0 Å². The topological polar surface area (TPSA) is 36.9 Å². The minimum absolute atomic E-state index is 0.142. The van der Waals surface area contributed by atoms with Crippen LogP contribution in [0.2, 0.25) is 0 Å². The first-order valence-electron chi connectivity index (χ1n) is 7.98. The number of fused-ring (bicyclic) bond motifs is 1. The van der Waals surface area contributed by atoms with Crippen molar-refractivity contribution in [1.29, 1.82) is 0 Å². The minimum atomic E-state index is 0.142. The first-order chi connectivity index (χ1) is 11.6. The Morgan fingerprint density at radius 1 is 0.958 bits per heavy atom. The van der Waals surface area contributed by atoms with Crippen LogP contribution in [0.5, 0.6) is 23.0 Å². The molecule has 0 radical (unpaired) electrons. The number of hydrogen-bond donors (Lipinski definition) is 0. The zero-order valence-electron chi connectivity index (χ0n) is 14.5. The van der Waals surface area contributed by atoms with E-state index in [-0.39, 0.29) is 6.10 Å². The van der Waals surface area contributed by atoms with Gasteiger partial charge in [0, 0.05) is 24.1 Å². The number of rotatable bonds is 5. The molecule has 0 aliphatic carbocycles. The zero-order valence-corrected chi connectivity index (χ0v) is 14.5. The maximum absolute atomic E-state index is 5.98. The average molecular weight is 326 g/mol. The molecule has 3 rings (SSSR count). The van der Waals surface area contributed by atoms with Gasteiger partial charge in [-0.05, 0) is 43.7 Å². The van der Waals surface area contributed by atoms with Crippen LogP contribution in [-0.2, 0) is 6.42 Å². The quantitative estimate of drug-likeness (QED) is 0.812. The van der Waals surface area contributed by atoms with Gasteiger partial charge < -0.3 is 18.9 Å². The SMILES string of the molecule is COc1cc(C=C2Cc3ccc(OC(C)C)cc3O2)cc(OC)c1. The van der Waals surface area contributed by atoms with Gasteiger partial charge in [0.25, 0.3) is 0 Å². The maximum Gasteiger partial charge on any atom is 0.134 e. The van der Waals surface area contributed by atoms with Gasteiger partial charge in [0.15, 0.2) is 0 Å². The fourth-order valence-corrected chi connectivity index (χ4v) is 2.67. The largest absolute Gasteiger partial charge is 0.497 e. The average Bonchev–Trinajstić information content (AvgIpc) is 2.95. The Bertz CT molecular complexity index is 740. The first kappa shape index (κ1) is 16.2. The molecular weight excluding hydrogens is 304 g/mol. The molecule has 1 aliphatic heterocycles. The van der Waals surface area contributed by atoms with Gasteiger partial charge in [0.1, 0.15) is 28.8 Å². The predicted octanol–water partition coefficient (Wildman–Crippen LogP) is 4.47. The molecule has 0 saturated heterocycles. The lowest BCUT2D eigenvalue weighted by atomic mass is 10.1. The Hall–Kier alpha value is -2.62. The van der Waals surface area contributed by atoms with Crippen LogP contribution in [0.15, 0.2) is 42.2 Å². The van der Waals surface area contributed by atoms with E-state index in [1.807, 2.05) is 50.3 Å². The lowest BCUT2D eigenvalue weighted by Crippen LogP contribution is -2.05. The van der Waals surface area contributed by atoms with Crippen LogP contribution < -0.4 is 18.9 Å². The van der Waals surface area contributed by atoms with Crippen molar-refractivity contribution in [3.05, 3.63) is 53.3 Å². The Morgan fingerprint density at radius 3 is 2.29 bits per heavy atom. The van der Waals surface area contributed by atoms with Gasteiger partial charge >= 0.3 is 0 Å². The molecule has 0 bridgehead atoms. The van der Waals surface area contributed by atoms with E-state index in [4.69, 9.17) is 18.9 Å². The highest BCUT2D eigenvalue weighted by Gasteiger charge is 2.18. The third kappa shape index (κ3) is 3.65. The van der Waals surface area contributed by atoms with Crippen molar-refractivity contribution >= 4 is 6.08 Å². The van der Waals surface area contributed by atoms with Crippen LogP contribution in [-0.4, -0.2) is 20.3 Å². The maximum atomic E-state index is 5.98. The summed E-state index contributed by atoms with van der Waals surface area (Å²) >= 11 is 0. The Labute approximate surface area is 142 Å². The number of allylic oxidation sites excluding steroid dienone is 1. The predicted molar refractivity (Wildman–Crippen MR) is 94.1 cm³/mol. The van der Waals surface area contributed by atoms with Crippen LogP contribution in [0.3, 0.4) is 0 Å². The summed E-state index contributed by atoms with van der Waals surface area (Å²) in [5, 5.41) is 0. The molecule has 0 N–H and O–H groups in total. The summed E-state index contributed by atoms with van der Waals surface area (Å²) in [5.41, 5.74) is 2.14. The molecule has 4 nitrogen and oxygen atoms in total. The van der Waals surface area contributed by atoms with E-state index in [0.29, 0.717) is 0 Å². The Morgan fingerprint density at radius 2 is 1.67 bits per heavy atom. The number of benzene rings is 2. The van der Waals surface area contributed by atoms with Crippen LogP contribution >= 0.6 is 0 Å². The van der Waals surface area contributed by atoms with Crippen LogP contribution in [0.4, 0.5) is 0 Å². The standard InChI is InChI=1S/C20H22O4/c1-13(2)23-16-6-5-15-10-19(24-20(15)12-16)9-14-7-17(21-3)11-18(8-14)22-4/h5-9,11-13H,10H2,1-4H3. The van der Waals surface area contributed by atoms with Crippen LogP contribution in [0, 0.1) is 0 Å². The van der Waals surface area contributed by atoms with E-state index in [9.17, 15) is 0 Å². The summed E-state index contributed by atoms with van der Waals surface area (Å²) in [7, 11) is 3.29. The fraction of sp³-hybridized carbons (Fsp3) is 0.300. The van der Waals surface area contributed by atoms with E-state index in [2.05, 4.69) is 6.07 Å². The Balaban J connectivity index is 1.83. The van der Waals surface area contributed by atoms with Crippen molar-refractivity contribution in [3.63, 3.8) is 0 Å². The number of ether oxygens (including phenoxy) is 4. The molecule has 0 amide bonds. The van der Waals surface area contributed by atoms with E-state index in [0.717, 1.165) is 46.3 Å². The smallest absolute Gasteiger partial charge is 0.134 e. The lowest BCUT2D eigenvalue weighted by Gasteiger charge is -2.10. The van der Waals surface area contributed by atoms with E-state index in [1.54, 1.807) is 14.2 Å². The molecule has 0 unspecified atom stereocenters. The summed E-state index contributed by atoms with van der Waals surface area (Å²) in [5.74, 6) is 4.08. The molecule has 1 heterocycles. The van der Waals surface area contributed by atoms with Gasteiger partial charge in [-0.15, -0.1) is 0 Å². The molecule has 126 valence electrons. The molecule has 0 aromatic heterocycles. The van der Waals surface area contributed by atoms with Gasteiger partial charge in [-0.2, -0.15) is 0 Å². The van der Waals surface area contributed by atoms with Crippen LogP contribution in [0.25, 0.3) is 6.08 Å². The first-order valence-corrected chi connectivity index (χ1v) is 7.98. The van der Waals surface area contributed by atoms with Crippen molar-refractivity contribution in [2.45, 2.75) is 26.4 Å². The van der Waals surface area contributed by atoms with Gasteiger partial charge in [-0.25, -0.2) is 0 Å².